The molecule has 2 heteroatoms. The van der Waals surface area contributed by atoms with Crippen LogP contribution < -0.4 is 0 Å². The van der Waals surface area contributed by atoms with Gasteiger partial charge < -0.3 is 5.11 Å². The number of hydrogen-bond donors (Lipinski definition) is 1. The zero-order valence-electron chi connectivity index (χ0n) is 11.8. The molecule has 106 valence electrons. The van der Waals surface area contributed by atoms with Crippen LogP contribution in [-0.4, -0.2) is 10.9 Å². The number of aliphatic hydroxyl groups is 1. The van der Waals surface area contributed by atoms with Crippen LogP contribution in [0.25, 0.3) is 6.08 Å². The van der Waals surface area contributed by atoms with Gasteiger partial charge in [0.25, 0.3) is 0 Å². The van der Waals surface area contributed by atoms with Crippen LogP contribution in [0.4, 0.5) is 0 Å². The third-order valence-electron chi connectivity index (χ3n) is 3.06. The smallest absolute Gasteiger partial charge is 0.159 e. The van der Waals surface area contributed by atoms with Crippen molar-refractivity contribution in [3.8, 4) is 0 Å². The molecule has 0 saturated heterocycles. The molecule has 0 aliphatic carbocycles. The van der Waals surface area contributed by atoms with Gasteiger partial charge in [0.1, 0.15) is 5.76 Å². The predicted octanol–water partition coefficient (Wildman–Crippen LogP) is 4.34. The van der Waals surface area contributed by atoms with E-state index in [1.807, 2.05) is 60.7 Å². The van der Waals surface area contributed by atoms with Gasteiger partial charge >= 0.3 is 0 Å². The lowest BCUT2D eigenvalue weighted by atomic mass is 10.1. The Kier molecular flexibility index (Phi) is 5.53. The molecule has 0 fully saturated rings. The number of aliphatic hydroxyl groups excluding tert-OH is 1. The van der Waals surface area contributed by atoms with Crippen molar-refractivity contribution in [2.45, 2.75) is 12.8 Å². The van der Waals surface area contributed by atoms with Crippen molar-refractivity contribution in [1.82, 2.24) is 0 Å². The first-order valence-electron chi connectivity index (χ1n) is 6.94. The van der Waals surface area contributed by atoms with Gasteiger partial charge in [-0.25, -0.2) is 0 Å². The molecule has 0 atom stereocenters. The van der Waals surface area contributed by atoms with E-state index in [2.05, 4.69) is 0 Å². The molecular formula is C19H18O2. The Morgan fingerprint density at radius 1 is 0.952 bits per heavy atom. The zero-order valence-corrected chi connectivity index (χ0v) is 11.8. The van der Waals surface area contributed by atoms with Crippen LogP contribution >= 0.6 is 0 Å². The fraction of sp³-hybridized carbons (Fsp3) is 0.105. The molecule has 0 aliphatic rings. The molecule has 2 aromatic carbocycles. The van der Waals surface area contributed by atoms with Gasteiger partial charge in [-0.1, -0.05) is 66.7 Å². The van der Waals surface area contributed by atoms with Crippen LogP contribution in [0.1, 0.15) is 17.5 Å². The van der Waals surface area contributed by atoms with Gasteiger partial charge in [0, 0.05) is 12.5 Å². The van der Waals surface area contributed by atoms with Crippen LogP contribution in [-0.2, 0) is 11.2 Å². The lowest BCUT2D eigenvalue weighted by Crippen LogP contribution is -1.97. The van der Waals surface area contributed by atoms with Crippen molar-refractivity contribution in [3.63, 3.8) is 0 Å². The lowest BCUT2D eigenvalue weighted by Gasteiger charge is -1.98. The average Bonchev–Trinajstić information content (AvgIpc) is 2.53. The standard InChI is InChI=1S/C19H18O2/c20-18(13-11-16-7-3-1-4-8-16)15-19(21)14-12-17-9-5-2-6-10-17/h1-11,13,15,20H,12,14H2/b13-11+,18-15-. The first-order chi connectivity index (χ1) is 10.2. The fourth-order valence-corrected chi connectivity index (χ4v) is 1.94. The highest BCUT2D eigenvalue weighted by Crippen LogP contribution is 2.06. The Morgan fingerprint density at radius 2 is 1.57 bits per heavy atom. The van der Waals surface area contributed by atoms with Gasteiger partial charge in [-0.2, -0.15) is 0 Å². The predicted molar refractivity (Wildman–Crippen MR) is 86.0 cm³/mol. The molecule has 0 spiro atoms. The quantitative estimate of drug-likeness (QED) is 0.485. The van der Waals surface area contributed by atoms with Gasteiger partial charge in [-0.3, -0.25) is 4.79 Å². The molecule has 0 radical (unpaired) electrons. The molecule has 0 heterocycles. The first kappa shape index (κ1) is 14.8. The number of aryl methyl sites for hydroxylation is 1. The van der Waals surface area contributed by atoms with Crippen molar-refractivity contribution in [3.05, 3.63) is 89.7 Å². The molecule has 21 heavy (non-hydrogen) atoms. The maximum absolute atomic E-state index is 11.8. The minimum absolute atomic E-state index is 0.0167. The van der Waals surface area contributed by atoms with Gasteiger partial charge in [-0.15, -0.1) is 0 Å². The number of allylic oxidation sites excluding steroid dienone is 2. The second kappa shape index (κ2) is 7.85. The number of carbonyl (C=O) groups excluding carboxylic acids is 1. The van der Waals surface area contributed by atoms with E-state index in [0.29, 0.717) is 12.8 Å². The average molecular weight is 278 g/mol. The summed E-state index contributed by atoms with van der Waals surface area (Å²) in [6.45, 7) is 0. The maximum Gasteiger partial charge on any atom is 0.159 e. The Balaban J connectivity index is 1.87. The number of benzene rings is 2. The minimum Gasteiger partial charge on any atom is -0.508 e. The van der Waals surface area contributed by atoms with Crippen molar-refractivity contribution >= 4 is 11.9 Å². The molecule has 2 aromatic rings. The minimum atomic E-state index is -0.0749. The van der Waals surface area contributed by atoms with Crippen LogP contribution in [0.15, 0.2) is 78.6 Å². The first-order valence-corrected chi connectivity index (χ1v) is 6.94. The molecule has 2 nitrogen and oxygen atoms in total. The topological polar surface area (TPSA) is 37.3 Å². The molecule has 2 rings (SSSR count). The summed E-state index contributed by atoms with van der Waals surface area (Å²) in [6.07, 6.45) is 5.67. The highest BCUT2D eigenvalue weighted by Gasteiger charge is 2.00. The fourth-order valence-electron chi connectivity index (χ4n) is 1.94. The van der Waals surface area contributed by atoms with Gasteiger partial charge in [0.2, 0.25) is 0 Å². The Labute approximate surface area is 125 Å². The van der Waals surface area contributed by atoms with E-state index in [1.54, 1.807) is 6.08 Å². The third kappa shape index (κ3) is 5.49. The van der Waals surface area contributed by atoms with Gasteiger partial charge in [0.05, 0.1) is 0 Å². The molecule has 0 amide bonds. The lowest BCUT2D eigenvalue weighted by molar-refractivity contribution is -0.114. The van der Waals surface area contributed by atoms with E-state index >= 15 is 0 Å². The summed E-state index contributed by atoms with van der Waals surface area (Å²) in [4.78, 5) is 11.8. The summed E-state index contributed by atoms with van der Waals surface area (Å²) in [6, 6.07) is 19.5. The Hall–Kier alpha value is -2.61. The normalized spacial score (nSPS) is 11.7. The van der Waals surface area contributed by atoms with Crippen molar-refractivity contribution in [2.75, 3.05) is 0 Å². The summed E-state index contributed by atoms with van der Waals surface area (Å²) >= 11 is 0. The number of rotatable bonds is 6. The second-order valence-corrected chi connectivity index (χ2v) is 4.77. The highest BCUT2D eigenvalue weighted by atomic mass is 16.3. The van der Waals surface area contributed by atoms with E-state index in [9.17, 15) is 9.90 Å². The van der Waals surface area contributed by atoms with E-state index in [4.69, 9.17) is 0 Å². The van der Waals surface area contributed by atoms with Crippen LogP contribution in [0.2, 0.25) is 0 Å². The number of carbonyl (C=O) groups is 1. The molecular weight excluding hydrogens is 260 g/mol. The van der Waals surface area contributed by atoms with E-state index in [0.717, 1.165) is 11.1 Å². The van der Waals surface area contributed by atoms with Crippen molar-refractivity contribution in [2.24, 2.45) is 0 Å². The SMILES string of the molecule is O=C(/C=C(O)/C=C/c1ccccc1)CCc1ccccc1. The largest absolute Gasteiger partial charge is 0.508 e. The molecule has 1 N–H and O–H groups in total. The molecule has 0 unspecified atom stereocenters. The van der Waals surface area contributed by atoms with E-state index < -0.39 is 0 Å². The van der Waals surface area contributed by atoms with E-state index in [-0.39, 0.29) is 11.5 Å². The van der Waals surface area contributed by atoms with Crippen molar-refractivity contribution in [1.29, 1.82) is 0 Å². The summed E-state index contributed by atoms with van der Waals surface area (Å²) in [5.74, 6) is -0.0917. The van der Waals surface area contributed by atoms with E-state index in [1.165, 1.54) is 12.2 Å². The summed E-state index contributed by atoms with van der Waals surface area (Å²) in [7, 11) is 0. The van der Waals surface area contributed by atoms with Crippen LogP contribution in [0.3, 0.4) is 0 Å². The Morgan fingerprint density at radius 3 is 2.24 bits per heavy atom. The van der Waals surface area contributed by atoms with Crippen molar-refractivity contribution < 1.29 is 9.90 Å². The summed E-state index contributed by atoms with van der Waals surface area (Å²) in [5.41, 5.74) is 2.10. The summed E-state index contributed by atoms with van der Waals surface area (Å²) < 4.78 is 0. The molecule has 0 aliphatic heterocycles. The Bertz CT molecular complexity index is 625. The van der Waals surface area contributed by atoms with Crippen LogP contribution in [0, 0.1) is 0 Å². The monoisotopic (exact) mass is 278 g/mol. The highest BCUT2D eigenvalue weighted by molar-refractivity contribution is 5.90. The summed E-state index contributed by atoms with van der Waals surface area (Å²) in [5, 5.41) is 9.73. The molecule has 0 aromatic heterocycles. The van der Waals surface area contributed by atoms with Crippen LogP contribution in [0.5, 0.6) is 0 Å². The third-order valence-corrected chi connectivity index (χ3v) is 3.06. The zero-order chi connectivity index (χ0) is 14.9. The number of ketones is 1. The maximum atomic E-state index is 11.8. The number of hydrogen-bond acceptors (Lipinski definition) is 2. The second-order valence-electron chi connectivity index (χ2n) is 4.77. The van der Waals surface area contributed by atoms with Gasteiger partial charge in [0.15, 0.2) is 5.78 Å². The van der Waals surface area contributed by atoms with Gasteiger partial charge in [-0.05, 0) is 23.6 Å². The molecule has 0 bridgehead atoms. The molecule has 0 saturated carbocycles.